The fraction of sp³-hybridized carbons (Fsp3) is 0.318. The van der Waals surface area contributed by atoms with Gasteiger partial charge in [0.05, 0.1) is 6.54 Å². The molecule has 1 aliphatic heterocycles. The largest absolute Gasteiger partial charge is 0.320 e. The summed E-state index contributed by atoms with van der Waals surface area (Å²) in [4.78, 5) is 14.7. The second kappa shape index (κ2) is 9.24. The van der Waals surface area contributed by atoms with Crippen LogP contribution in [0.15, 0.2) is 54.6 Å². The summed E-state index contributed by atoms with van der Waals surface area (Å²) < 4.78 is 13.0. The lowest BCUT2D eigenvalue weighted by atomic mass is 9.90. The van der Waals surface area contributed by atoms with Gasteiger partial charge in [-0.3, -0.25) is 9.69 Å². The highest BCUT2D eigenvalue weighted by Gasteiger charge is 2.21. The summed E-state index contributed by atoms with van der Waals surface area (Å²) in [5.74, 6) is 0.0655. The maximum atomic E-state index is 13.0. The van der Waals surface area contributed by atoms with E-state index in [9.17, 15) is 9.18 Å². The van der Waals surface area contributed by atoms with E-state index in [2.05, 4.69) is 50.7 Å². The van der Waals surface area contributed by atoms with Crippen LogP contribution in [0.1, 0.15) is 33.2 Å². The molecule has 5 nitrogen and oxygen atoms in total. The summed E-state index contributed by atoms with van der Waals surface area (Å²) in [6.07, 6.45) is 3.48. The number of aromatic nitrogens is 2. The van der Waals surface area contributed by atoms with E-state index in [0.717, 1.165) is 37.0 Å². The van der Waals surface area contributed by atoms with Gasteiger partial charge >= 0.3 is 0 Å². The molecular weight excluding hydrogens is 387 g/mol. The molecule has 1 fully saturated rings. The van der Waals surface area contributed by atoms with Crippen LogP contribution in [0.25, 0.3) is 0 Å². The third-order valence-electron chi connectivity index (χ3n) is 5.20. The van der Waals surface area contributed by atoms with E-state index in [4.69, 9.17) is 0 Å². The van der Waals surface area contributed by atoms with Gasteiger partial charge in [0.2, 0.25) is 5.01 Å². The molecule has 0 spiro atoms. The van der Waals surface area contributed by atoms with Crippen molar-refractivity contribution in [2.45, 2.75) is 25.8 Å². The van der Waals surface area contributed by atoms with Crippen LogP contribution in [-0.2, 0) is 13.0 Å². The minimum absolute atomic E-state index is 0.318. The maximum absolute atomic E-state index is 13.0. The molecule has 0 bridgehead atoms. The fourth-order valence-electron chi connectivity index (χ4n) is 3.61. The first-order valence-electron chi connectivity index (χ1n) is 9.81. The average Bonchev–Trinajstić information content (AvgIpc) is 3.21. The van der Waals surface area contributed by atoms with Gasteiger partial charge in [-0.05, 0) is 68.1 Å². The predicted molar refractivity (Wildman–Crippen MR) is 112 cm³/mol. The van der Waals surface area contributed by atoms with Gasteiger partial charge in [0.1, 0.15) is 10.8 Å². The van der Waals surface area contributed by atoms with Crippen molar-refractivity contribution in [1.82, 2.24) is 15.1 Å². The number of anilines is 1. The topological polar surface area (TPSA) is 58.1 Å². The molecule has 1 saturated heterocycles. The highest BCUT2D eigenvalue weighted by atomic mass is 32.1. The number of hydrogen-bond acceptors (Lipinski definition) is 5. The van der Waals surface area contributed by atoms with E-state index >= 15 is 0 Å². The van der Waals surface area contributed by atoms with E-state index in [1.54, 1.807) is 0 Å². The molecule has 3 aromatic rings. The van der Waals surface area contributed by atoms with E-state index in [-0.39, 0.29) is 11.7 Å². The molecule has 1 aromatic heterocycles. The zero-order valence-corrected chi connectivity index (χ0v) is 16.9. The number of likely N-dealkylation sites (tertiary alicyclic amines) is 1. The van der Waals surface area contributed by atoms with Crippen LogP contribution in [-0.4, -0.2) is 34.1 Å². The minimum Gasteiger partial charge on any atom is -0.320 e. The quantitative estimate of drug-likeness (QED) is 0.655. The minimum atomic E-state index is -0.339. The number of rotatable bonds is 6. The number of carbonyl (C=O) groups is 1. The Morgan fingerprint density at radius 2 is 1.79 bits per heavy atom. The molecule has 1 amide bonds. The van der Waals surface area contributed by atoms with Gasteiger partial charge < -0.3 is 5.32 Å². The lowest BCUT2D eigenvalue weighted by molar-refractivity contribution is 0.102. The monoisotopic (exact) mass is 410 g/mol. The zero-order chi connectivity index (χ0) is 20.1. The summed E-state index contributed by atoms with van der Waals surface area (Å²) in [6.45, 7) is 2.79. The van der Waals surface area contributed by atoms with Crippen molar-refractivity contribution in [2.24, 2.45) is 5.92 Å². The van der Waals surface area contributed by atoms with Gasteiger partial charge in [-0.1, -0.05) is 41.7 Å². The molecule has 0 atom stereocenters. The maximum Gasteiger partial charge on any atom is 0.286 e. The third kappa shape index (κ3) is 5.46. The molecule has 0 radical (unpaired) electrons. The van der Waals surface area contributed by atoms with Gasteiger partial charge in [0, 0.05) is 5.69 Å². The molecule has 7 heteroatoms. The Kier molecular flexibility index (Phi) is 6.27. The van der Waals surface area contributed by atoms with Gasteiger partial charge in [-0.25, -0.2) is 4.39 Å². The first kappa shape index (κ1) is 19.7. The summed E-state index contributed by atoms with van der Waals surface area (Å²) in [5, 5.41) is 12.1. The number of amides is 1. The van der Waals surface area contributed by atoms with Gasteiger partial charge in [0.25, 0.3) is 5.91 Å². The Hall–Kier alpha value is -2.64. The van der Waals surface area contributed by atoms with Crippen LogP contribution < -0.4 is 5.32 Å². The average molecular weight is 411 g/mol. The molecule has 0 saturated carbocycles. The fourth-order valence-corrected chi connectivity index (χ4v) is 4.39. The predicted octanol–water partition coefficient (Wildman–Crippen LogP) is 4.38. The van der Waals surface area contributed by atoms with Gasteiger partial charge in [-0.2, -0.15) is 0 Å². The normalized spacial score (nSPS) is 15.3. The van der Waals surface area contributed by atoms with Crippen molar-refractivity contribution in [3.8, 4) is 0 Å². The smallest absolute Gasteiger partial charge is 0.286 e. The summed E-state index contributed by atoms with van der Waals surface area (Å²) in [7, 11) is 0. The number of halogens is 1. The Morgan fingerprint density at radius 1 is 1.07 bits per heavy atom. The van der Waals surface area contributed by atoms with Crippen molar-refractivity contribution >= 4 is 22.9 Å². The number of benzene rings is 2. The molecule has 2 heterocycles. The van der Waals surface area contributed by atoms with Crippen LogP contribution in [0.5, 0.6) is 0 Å². The second-order valence-corrected chi connectivity index (χ2v) is 8.43. The summed E-state index contributed by atoms with van der Waals surface area (Å²) in [6, 6.07) is 16.3. The van der Waals surface area contributed by atoms with E-state index < -0.39 is 0 Å². The number of nitrogens with one attached hydrogen (secondary N) is 1. The molecular formula is C22H23FN4OS. The van der Waals surface area contributed by atoms with E-state index in [1.165, 1.54) is 54.0 Å². The Morgan fingerprint density at radius 3 is 2.52 bits per heavy atom. The van der Waals surface area contributed by atoms with Crippen LogP contribution in [0.3, 0.4) is 0 Å². The lowest BCUT2D eigenvalue weighted by Gasteiger charge is -2.31. The number of hydrogen-bond donors (Lipinski definition) is 1. The molecule has 1 N–H and O–H groups in total. The molecule has 4 rings (SSSR count). The SMILES string of the molecule is O=C(Nc1ccc(F)cc1)c1nnc(CN2CCC(Cc3ccccc3)CC2)s1. The molecule has 0 unspecified atom stereocenters. The van der Waals surface area contributed by atoms with Crippen molar-refractivity contribution in [3.63, 3.8) is 0 Å². The molecule has 0 aliphatic carbocycles. The van der Waals surface area contributed by atoms with Crippen molar-refractivity contribution in [2.75, 3.05) is 18.4 Å². The van der Waals surface area contributed by atoms with Gasteiger partial charge in [-0.15, -0.1) is 10.2 Å². The molecule has 29 heavy (non-hydrogen) atoms. The van der Waals surface area contributed by atoms with Crippen LogP contribution >= 0.6 is 11.3 Å². The highest BCUT2D eigenvalue weighted by Crippen LogP contribution is 2.23. The zero-order valence-electron chi connectivity index (χ0n) is 16.1. The van der Waals surface area contributed by atoms with Crippen LogP contribution in [0.2, 0.25) is 0 Å². The van der Waals surface area contributed by atoms with E-state index in [1.807, 2.05) is 0 Å². The Labute approximate surface area is 173 Å². The number of nitrogens with zero attached hydrogens (tertiary/aromatic N) is 3. The van der Waals surface area contributed by atoms with Crippen molar-refractivity contribution in [3.05, 3.63) is 76.0 Å². The van der Waals surface area contributed by atoms with Crippen molar-refractivity contribution < 1.29 is 9.18 Å². The Balaban J connectivity index is 1.26. The lowest BCUT2D eigenvalue weighted by Crippen LogP contribution is -2.33. The standard InChI is InChI=1S/C22H23FN4OS/c23-18-6-8-19(9-7-18)24-21(28)22-26-25-20(29-22)15-27-12-10-17(11-13-27)14-16-4-2-1-3-5-16/h1-9,17H,10-15H2,(H,24,28). The van der Waals surface area contributed by atoms with Crippen LogP contribution in [0.4, 0.5) is 10.1 Å². The first-order valence-corrected chi connectivity index (χ1v) is 10.6. The third-order valence-corrected chi connectivity index (χ3v) is 6.10. The summed E-state index contributed by atoms with van der Waals surface area (Å²) >= 11 is 1.31. The molecule has 150 valence electrons. The van der Waals surface area contributed by atoms with E-state index in [0.29, 0.717) is 10.7 Å². The van der Waals surface area contributed by atoms with Crippen molar-refractivity contribution in [1.29, 1.82) is 0 Å². The first-order chi connectivity index (χ1) is 14.2. The molecule has 2 aromatic carbocycles. The second-order valence-electron chi connectivity index (χ2n) is 7.37. The highest BCUT2D eigenvalue weighted by molar-refractivity contribution is 7.13. The number of carbonyl (C=O) groups excluding carboxylic acids is 1. The van der Waals surface area contributed by atoms with Crippen LogP contribution in [0, 0.1) is 11.7 Å². The van der Waals surface area contributed by atoms with Gasteiger partial charge in [0.15, 0.2) is 0 Å². The molecule has 1 aliphatic rings. The summed E-state index contributed by atoms with van der Waals surface area (Å²) in [5.41, 5.74) is 1.94. The Bertz CT molecular complexity index is 937. The number of piperidine rings is 1.